The highest BCUT2D eigenvalue weighted by atomic mass is 16.3. The monoisotopic (exact) mass is 302 g/mol. The van der Waals surface area contributed by atoms with Crippen LogP contribution in [0.25, 0.3) is 0 Å². The summed E-state index contributed by atoms with van der Waals surface area (Å²) in [4.78, 5) is 12.3. The van der Waals surface area contributed by atoms with Crippen LogP contribution < -0.4 is 0 Å². The van der Waals surface area contributed by atoms with E-state index >= 15 is 0 Å². The predicted octanol–water partition coefficient (Wildman–Crippen LogP) is 4.29. The summed E-state index contributed by atoms with van der Waals surface area (Å²) in [5.41, 5.74) is 1.17. The maximum atomic E-state index is 12.3. The topological polar surface area (TPSA) is 37.3 Å². The molecule has 22 heavy (non-hydrogen) atoms. The van der Waals surface area contributed by atoms with Crippen LogP contribution in [0.5, 0.6) is 0 Å². The molecule has 0 heterocycles. The van der Waals surface area contributed by atoms with Gasteiger partial charge in [0.25, 0.3) is 0 Å². The molecule has 2 heteroatoms. The molecule has 0 aliphatic heterocycles. The smallest absolute Gasteiger partial charge is 0.156 e. The first-order valence-corrected chi connectivity index (χ1v) is 8.69. The molecule has 5 atom stereocenters. The van der Waals surface area contributed by atoms with Crippen molar-refractivity contribution in [3.63, 3.8) is 0 Å². The number of allylic oxidation sites excluding steroid dienone is 2. The van der Waals surface area contributed by atoms with Crippen LogP contribution in [0.15, 0.2) is 24.3 Å². The Labute approximate surface area is 134 Å². The highest BCUT2D eigenvalue weighted by Gasteiger charge is 2.56. The lowest BCUT2D eigenvalue weighted by Crippen LogP contribution is -2.53. The predicted molar refractivity (Wildman–Crippen MR) is 89.4 cm³/mol. The fourth-order valence-electron chi connectivity index (χ4n) is 5.48. The van der Waals surface area contributed by atoms with Crippen LogP contribution in [0.3, 0.4) is 0 Å². The van der Waals surface area contributed by atoms with Crippen LogP contribution in [0.4, 0.5) is 0 Å². The fourth-order valence-corrected chi connectivity index (χ4v) is 5.48. The summed E-state index contributed by atoms with van der Waals surface area (Å²) in [6.45, 7) is 12.8. The van der Waals surface area contributed by atoms with Gasteiger partial charge < -0.3 is 5.11 Å². The van der Waals surface area contributed by atoms with Crippen molar-refractivity contribution in [2.75, 3.05) is 0 Å². The number of carbonyl (C=O) groups excluding carboxylic acids is 1. The summed E-state index contributed by atoms with van der Waals surface area (Å²) in [6, 6.07) is 0. The minimum absolute atomic E-state index is 0.0296. The molecule has 0 aromatic heterocycles. The second-order valence-corrected chi connectivity index (χ2v) is 9.11. The molecular formula is C20H30O2. The minimum atomic E-state index is -0.369. The van der Waals surface area contributed by atoms with Gasteiger partial charge in [-0.05, 0) is 54.4 Å². The summed E-state index contributed by atoms with van der Waals surface area (Å²) < 4.78 is 0. The van der Waals surface area contributed by atoms with Gasteiger partial charge in [0.15, 0.2) is 5.78 Å². The maximum absolute atomic E-state index is 12.3. The van der Waals surface area contributed by atoms with Crippen molar-refractivity contribution in [1.29, 1.82) is 0 Å². The quantitative estimate of drug-likeness (QED) is 0.734. The van der Waals surface area contributed by atoms with Crippen LogP contribution in [-0.4, -0.2) is 17.0 Å². The van der Waals surface area contributed by atoms with Gasteiger partial charge in [-0.1, -0.05) is 39.3 Å². The van der Waals surface area contributed by atoms with Gasteiger partial charge in [0, 0.05) is 11.8 Å². The lowest BCUT2D eigenvalue weighted by Gasteiger charge is -2.59. The Kier molecular flexibility index (Phi) is 3.49. The molecule has 0 saturated heterocycles. The zero-order chi connectivity index (χ0) is 16.3. The molecule has 0 spiro atoms. The van der Waals surface area contributed by atoms with Gasteiger partial charge in [-0.25, -0.2) is 0 Å². The highest BCUT2D eigenvalue weighted by Crippen LogP contribution is 2.63. The molecule has 2 saturated carbocycles. The van der Waals surface area contributed by atoms with Crippen molar-refractivity contribution in [2.45, 2.75) is 65.9 Å². The highest BCUT2D eigenvalue weighted by molar-refractivity contribution is 5.92. The number of fused-ring (bicyclic) bond motifs is 3. The average Bonchev–Trinajstić information content (AvgIpc) is 2.40. The third-order valence-corrected chi connectivity index (χ3v) is 7.16. The Hall–Kier alpha value is -0.890. The molecule has 122 valence electrons. The van der Waals surface area contributed by atoms with E-state index < -0.39 is 0 Å². The molecule has 0 amide bonds. The number of aliphatic hydroxyl groups is 1. The van der Waals surface area contributed by atoms with Crippen molar-refractivity contribution >= 4 is 5.78 Å². The van der Waals surface area contributed by atoms with E-state index in [1.54, 1.807) is 0 Å². The first-order chi connectivity index (χ1) is 10.1. The Morgan fingerprint density at radius 1 is 1.23 bits per heavy atom. The third-order valence-electron chi connectivity index (χ3n) is 7.16. The lowest BCUT2D eigenvalue weighted by molar-refractivity contribution is -0.120. The average molecular weight is 302 g/mol. The van der Waals surface area contributed by atoms with E-state index in [0.717, 1.165) is 12.8 Å². The molecule has 1 N–H and O–H groups in total. The second kappa shape index (κ2) is 4.80. The molecule has 5 unspecified atom stereocenters. The van der Waals surface area contributed by atoms with Gasteiger partial charge >= 0.3 is 0 Å². The molecule has 3 rings (SSSR count). The third kappa shape index (κ3) is 2.14. The van der Waals surface area contributed by atoms with Crippen LogP contribution >= 0.6 is 0 Å². The van der Waals surface area contributed by atoms with Gasteiger partial charge in [0.1, 0.15) is 0 Å². The SMILES string of the molecule is C=CC1(C)CC2CCC3C(=CC(=O)CC3(C)C)C2(C)CC1O. The van der Waals surface area contributed by atoms with E-state index in [9.17, 15) is 9.90 Å². The van der Waals surface area contributed by atoms with E-state index in [1.165, 1.54) is 18.4 Å². The largest absolute Gasteiger partial charge is 0.392 e. The summed E-state index contributed by atoms with van der Waals surface area (Å²) in [5.74, 6) is 1.31. The Balaban J connectivity index is 2.02. The zero-order valence-corrected chi connectivity index (χ0v) is 14.5. The molecular weight excluding hydrogens is 272 g/mol. The number of hydrogen-bond donors (Lipinski definition) is 1. The number of ketones is 1. The minimum Gasteiger partial charge on any atom is -0.392 e. The van der Waals surface area contributed by atoms with Crippen molar-refractivity contribution in [2.24, 2.45) is 28.1 Å². The van der Waals surface area contributed by atoms with Crippen molar-refractivity contribution in [1.82, 2.24) is 0 Å². The summed E-state index contributed by atoms with van der Waals surface area (Å²) in [6.07, 6.45) is 8.28. The molecule has 3 aliphatic carbocycles. The molecule has 0 bridgehead atoms. The molecule has 2 fully saturated rings. The van der Waals surface area contributed by atoms with Gasteiger partial charge in [-0.3, -0.25) is 4.79 Å². The van der Waals surface area contributed by atoms with E-state index in [0.29, 0.717) is 18.3 Å². The first kappa shape index (κ1) is 16.0. The first-order valence-electron chi connectivity index (χ1n) is 8.69. The lowest BCUT2D eigenvalue weighted by atomic mass is 9.46. The van der Waals surface area contributed by atoms with Crippen LogP contribution in [0.1, 0.15) is 59.8 Å². The zero-order valence-electron chi connectivity index (χ0n) is 14.5. The Morgan fingerprint density at radius 3 is 2.55 bits per heavy atom. The number of aliphatic hydroxyl groups excluding tert-OH is 1. The second-order valence-electron chi connectivity index (χ2n) is 9.11. The van der Waals surface area contributed by atoms with E-state index in [2.05, 4.69) is 34.3 Å². The standard InChI is InChI=1S/C20H30O2/c1-6-19(4)10-13-7-8-15-16(20(13,5)12-17(19)22)9-14(21)11-18(15,2)3/h6,9,13,15,17,22H,1,7-8,10-12H2,2-5H3. The van der Waals surface area contributed by atoms with Crippen LogP contribution in [0, 0.1) is 28.1 Å². The van der Waals surface area contributed by atoms with Crippen molar-refractivity contribution in [3.05, 3.63) is 24.3 Å². The van der Waals surface area contributed by atoms with Gasteiger partial charge in [0.05, 0.1) is 6.10 Å². The number of hydrogen-bond acceptors (Lipinski definition) is 2. The summed E-state index contributed by atoms with van der Waals surface area (Å²) in [5, 5.41) is 10.7. The Morgan fingerprint density at radius 2 is 1.91 bits per heavy atom. The van der Waals surface area contributed by atoms with Gasteiger partial charge in [-0.2, -0.15) is 0 Å². The fraction of sp³-hybridized carbons (Fsp3) is 0.750. The molecule has 0 radical (unpaired) electrons. The number of rotatable bonds is 1. The summed E-state index contributed by atoms with van der Waals surface area (Å²) >= 11 is 0. The molecule has 3 aliphatic rings. The molecule has 2 nitrogen and oxygen atoms in total. The molecule has 0 aromatic rings. The van der Waals surface area contributed by atoms with E-state index in [1.807, 2.05) is 12.2 Å². The van der Waals surface area contributed by atoms with Crippen molar-refractivity contribution in [3.8, 4) is 0 Å². The van der Waals surface area contributed by atoms with Crippen LogP contribution in [-0.2, 0) is 4.79 Å². The van der Waals surface area contributed by atoms with E-state index in [4.69, 9.17) is 0 Å². The summed E-state index contributed by atoms with van der Waals surface area (Å²) in [7, 11) is 0. The van der Waals surface area contributed by atoms with Crippen LogP contribution in [0.2, 0.25) is 0 Å². The van der Waals surface area contributed by atoms with Gasteiger partial charge in [0.2, 0.25) is 0 Å². The Bertz CT molecular complexity index is 544. The number of carbonyl (C=O) groups is 1. The maximum Gasteiger partial charge on any atom is 0.156 e. The molecule has 0 aromatic carbocycles. The van der Waals surface area contributed by atoms with Crippen molar-refractivity contribution < 1.29 is 9.90 Å². The van der Waals surface area contributed by atoms with Gasteiger partial charge in [-0.15, -0.1) is 6.58 Å². The normalized spacial score (nSPS) is 47.2. The van der Waals surface area contributed by atoms with E-state index in [-0.39, 0.29) is 28.1 Å².